The fraction of sp³-hybridized carbons (Fsp3) is 0.562. The molecule has 2 aliphatic rings. The SMILES string of the molecule is Cc1ccc(NC(=O)CC2CC3CCC(C2)N3)cc1S(N)(=O)=O.Cl. The number of hydrogen-bond donors (Lipinski definition) is 3. The molecule has 2 bridgehead atoms. The molecule has 0 spiro atoms. The van der Waals surface area contributed by atoms with E-state index in [1.807, 2.05) is 0 Å². The molecule has 134 valence electrons. The zero-order valence-electron chi connectivity index (χ0n) is 13.6. The average Bonchev–Trinajstić information content (AvgIpc) is 2.79. The van der Waals surface area contributed by atoms with Crippen molar-refractivity contribution in [2.45, 2.75) is 56.0 Å². The molecule has 0 aliphatic carbocycles. The Labute approximate surface area is 149 Å². The number of carbonyl (C=O) groups is 1. The van der Waals surface area contributed by atoms with E-state index in [4.69, 9.17) is 5.14 Å². The Morgan fingerprint density at radius 2 is 1.92 bits per heavy atom. The predicted molar refractivity (Wildman–Crippen MR) is 95.7 cm³/mol. The van der Waals surface area contributed by atoms with Crippen LogP contribution in [0.15, 0.2) is 23.1 Å². The molecule has 2 unspecified atom stereocenters. The Bertz CT molecular complexity index is 711. The third-order valence-electron chi connectivity index (χ3n) is 4.82. The van der Waals surface area contributed by atoms with Crippen LogP contribution < -0.4 is 15.8 Å². The summed E-state index contributed by atoms with van der Waals surface area (Å²) in [7, 11) is -3.78. The number of halogens is 1. The van der Waals surface area contributed by atoms with E-state index in [2.05, 4.69) is 10.6 Å². The summed E-state index contributed by atoms with van der Waals surface area (Å²) in [4.78, 5) is 12.3. The van der Waals surface area contributed by atoms with Gasteiger partial charge in [-0.25, -0.2) is 13.6 Å². The first-order valence-electron chi connectivity index (χ1n) is 8.00. The van der Waals surface area contributed by atoms with Gasteiger partial charge in [0, 0.05) is 24.2 Å². The molecule has 6 nitrogen and oxygen atoms in total. The van der Waals surface area contributed by atoms with Gasteiger partial charge in [-0.2, -0.15) is 0 Å². The molecule has 24 heavy (non-hydrogen) atoms. The largest absolute Gasteiger partial charge is 0.326 e. The minimum absolute atomic E-state index is 0. The monoisotopic (exact) mass is 373 g/mol. The summed E-state index contributed by atoms with van der Waals surface area (Å²) in [6.45, 7) is 1.68. The lowest BCUT2D eigenvalue weighted by molar-refractivity contribution is -0.117. The van der Waals surface area contributed by atoms with Gasteiger partial charge in [-0.05, 0) is 56.2 Å². The number of nitrogens with two attached hydrogens (primary N) is 1. The minimum Gasteiger partial charge on any atom is -0.326 e. The molecule has 2 fully saturated rings. The van der Waals surface area contributed by atoms with E-state index < -0.39 is 10.0 Å². The number of fused-ring (bicyclic) bond motifs is 2. The third kappa shape index (κ3) is 4.47. The molecular weight excluding hydrogens is 350 g/mol. The summed E-state index contributed by atoms with van der Waals surface area (Å²) in [6.07, 6.45) is 4.98. The van der Waals surface area contributed by atoms with Gasteiger partial charge >= 0.3 is 0 Å². The number of sulfonamides is 1. The van der Waals surface area contributed by atoms with Crippen molar-refractivity contribution in [1.82, 2.24) is 5.32 Å². The van der Waals surface area contributed by atoms with Crippen molar-refractivity contribution in [2.24, 2.45) is 11.1 Å². The lowest BCUT2D eigenvalue weighted by Gasteiger charge is -2.28. The molecule has 0 saturated carbocycles. The second kappa shape index (κ2) is 7.39. The Kier molecular flexibility index (Phi) is 5.91. The van der Waals surface area contributed by atoms with E-state index in [1.165, 1.54) is 18.9 Å². The maximum absolute atomic E-state index is 12.2. The normalized spacial score (nSPS) is 25.8. The summed E-state index contributed by atoms with van der Waals surface area (Å²) in [5, 5.41) is 11.6. The van der Waals surface area contributed by atoms with Crippen LogP contribution >= 0.6 is 12.4 Å². The van der Waals surface area contributed by atoms with Crippen molar-refractivity contribution in [3.63, 3.8) is 0 Å². The molecule has 3 rings (SSSR count). The molecule has 1 aromatic rings. The van der Waals surface area contributed by atoms with Gasteiger partial charge in [0.1, 0.15) is 0 Å². The van der Waals surface area contributed by atoms with Gasteiger partial charge in [0.25, 0.3) is 0 Å². The number of amides is 1. The molecule has 4 N–H and O–H groups in total. The van der Waals surface area contributed by atoms with E-state index in [-0.39, 0.29) is 23.2 Å². The Morgan fingerprint density at radius 1 is 1.29 bits per heavy atom. The number of anilines is 1. The van der Waals surface area contributed by atoms with Crippen LogP contribution in [-0.4, -0.2) is 26.4 Å². The van der Waals surface area contributed by atoms with Gasteiger partial charge in [-0.3, -0.25) is 4.79 Å². The van der Waals surface area contributed by atoms with Crippen molar-refractivity contribution in [3.05, 3.63) is 23.8 Å². The number of hydrogen-bond acceptors (Lipinski definition) is 4. The summed E-state index contributed by atoms with van der Waals surface area (Å²) >= 11 is 0. The minimum atomic E-state index is -3.78. The molecule has 2 saturated heterocycles. The van der Waals surface area contributed by atoms with Gasteiger partial charge in [-0.15, -0.1) is 12.4 Å². The lowest BCUT2D eigenvalue weighted by atomic mass is 9.89. The Hall–Kier alpha value is -1.15. The maximum atomic E-state index is 12.2. The van der Waals surface area contributed by atoms with Crippen LogP contribution in [0, 0.1) is 12.8 Å². The van der Waals surface area contributed by atoms with E-state index in [0.29, 0.717) is 35.7 Å². The fourth-order valence-electron chi connectivity index (χ4n) is 3.80. The summed E-state index contributed by atoms with van der Waals surface area (Å²) < 4.78 is 23.1. The quantitative estimate of drug-likeness (QED) is 0.750. The zero-order valence-corrected chi connectivity index (χ0v) is 15.3. The van der Waals surface area contributed by atoms with E-state index in [1.54, 1.807) is 19.1 Å². The smallest absolute Gasteiger partial charge is 0.238 e. The van der Waals surface area contributed by atoms with Gasteiger partial charge in [0.05, 0.1) is 4.90 Å². The van der Waals surface area contributed by atoms with Crippen LogP contribution in [0.4, 0.5) is 5.69 Å². The number of benzene rings is 1. The average molecular weight is 374 g/mol. The second-order valence-electron chi connectivity index (χ2n) is 6.75. The van der Waals surface area contributed by atoms with Crippen LogP contribution in [0.3, 0.4) is 0 Å². The molecule has 0 radical (unpaired) electrons. The van der Waals surface area contributed by atoms with Crippen molar-refractivity contribution in [3.8, 4) is 0 Å². The number of aryl methyl sites for hydroxylation is 1. The van der Waals surface area contributed by atoms with Crippen molar-refractivity contribution in [2.75, 3.05) is 5.32 Å². The lowest BCUT2D eigenvalue weighted by Crippen LogP contribution is -2.39. The second-order valence-corrected chi connectivity index (χ2v) is 8.28. The number of piperidine rings is 1. The van der Waals surface area contributed by atoms with Crippen LogP contribution in [0.25, 0.3) is 0 Å². The highest BCUT2D eigenvalue weighted by atomic mass is 35.5. The standard InChI is InChI=1S/C16H23N3O3S.ClH/c1-10-2-3-14(9-15(10)23(17,21)22)19-16(20)8-11-6-12-4-5-13(7-11)18-12;/h2-3,9,11-13,18H,4-8H2,1H3,(H,19,20)(H2,17,21,22);1H. The van der Waals surface area contributed by atoms with Crippen molar-refractivity contribution >= 4 is 34.0 Å². The molecule has 0 aromatic heterocycles. The summed E-state index contributed by atoms with van der Waals surface area (Å²) in [5.74, 6) is 0.331. The van der Waals surface area contributed by atoms with Crippen molar-refractivity contribution < 1.29 is 13.2 Å². The first-order valence-corrected chi connectivity index (χ1v) is 9.55. The predicted octanol–water partition coefficient (Wildman–Crippen LogP) is 1.92. The van der Waals surface area contributed by atoms with E-state index >= 15 is 0 Å². The van der Waals surface area contributed by atoms with Crippen LogP contribution in [-0.2, 0) is 14.8 Å². The van der Waals surface area contributed by atoms with Crippen LogP contribution in [0.5, 0.6) is 0 Å². The van der Waals surface area contributed by atoms with Crippen LogP contribution in [0.1, 0.15) is 37.7 Å². The first kappa shape index (κ1) is 19.2. The van der Waals surface area contributed by atoms with Gasteiger partial charge < -0.3 is 10.6 Å². The highest BCUT2D eigenvalue weighted by Gasteiger charge is 2.34. The topological polar surface area (TPSA) is 101 Å². The Morgan fingerprint density at radius 3 is 2.50 bits per heavy atom. The number of rotatable bonds is 4. The maximum Gasteiger partial charge on any atom is 0.238 e. The number of nitrogens with one attached hydrogen (secondary N) is 2. The molecule has 1 aromatic carbocycles. The number of primary sulfonamides is 1. The van der Waals surface area contributed by atoms with Gasteiger partial charge in [-0.1, -0.05) is 6.07 Å². The number of carbonyl (C=O) groups excluding carboxylic acids is 1. The fourth-order valence-corrected chi connectivity index (χ4v) is 4.61. The highest BCUT2D eigenvalue weighted by molar-refractivity contribution is 7.89. The first-order chi connectivity index (χ1) is 10.8. The van der Waals surface area contributed by atoms with Crippen LogP contribution in [0.2, 0.25) is 0 Å². The Balaban J connectivity index is 0.00000208. The molecular formula is C16H24ClN3O3S. The molecule has 1 amide bonds. The zero-order chi connectivity index (χ0) is 16.6. The summed E-state index contributed by atoms with van der Waals surface area (Å²) in [6, 6.07) is 5.89. The van der Waals surface area contributed by atoms with E-state index in [0.717, 1.165) is 12.8 Å². The van der Waals surface area contributed by atoms with Gasteiger partial charge in [0.2, 0.25) is 15.9 Å². The highest BCUT2D eigenvalue weighted by Crippen LogP contribution is 2.32. The van der Waals surface area contributed by atoms with Crippen molar-refractivity contribution in [1.29, 1.82) is 0 Å². The summed E-state index contributed by atoms with van der Waals surface area (Å²) in [5.41, 5.74) is 1.04. The molecule has 2 aliphatic heterocycles. The molecule has 8 heteroatoms. The molecule has 2 heterocycles. The van der Waals surface area contributed by atoms with E-state index in [9.17, 15) is 13.2 Å². The molecule has 2 atom stereocenters. The van der Waals surface area contributed by atoms with Gasteiger partial charge in [0.15, 0.2) is 0 Å². The third-order valence-corrected chi connectivity index (χ3v) is 5.88.